The molecule has 0 unspecified atom stereocenters. The van der Waals surface area contributed by atoms with Gasteiger partial charge in [0.05, 0.1) is 4.90 Å². The normalized spacial score (nSPS) is 17.2. The fourth-order valence-electron chi connectivity index (χ4n) is 2.56. The zero-order chi connectivity index (χ0) is 17.9. The summed E-state index contributed by atoms with van der Waals surface area (Å²) in [6.45, 7) is 2.53. The van der Waals surface area contributed by atoms with Crippen molar-refractivity contribution in [1.29, 1.82) is 0 Å². The lowest BCUT2D eigenvalue weighted by atomic mass is 10.2. The summed E-state index contributed by atoms with van der Waals surface area (Å²) in [5.74, 6) is -0.203. The van der Waals surface area contributed by atoms with Crippen LogP contribution in [-0.4, -0.2) is 27.0 Å². The van der Waals surface area contributed by atoms with Crippen molar-refractivity contribution in [3.63, 3.8) is 0 Å². The van der Waals surface area contributed by atoms with Gasteiger partial charge >= 0.3 is 0 Å². The first-order valence-corrected chi connectivity index (χ1v) is 9.54. The third-order valence-corrected chi connectivity index (χ3v) is 5.36. The van der Waals surface area contributed by atoms with E-state index in [1.807, 2.05) is 19.1 Å². The molecule has 0 aromatic heterocycles. The molecule has 0 radical (unpaired) electrons. The van der Waals surface area contributed by atoms with Crippen LogP contribution in [0, 0.1) is 6.92 Å². The molecule has 1 aliphatic rings. The van der Waals surface area contributed by atoms with Gasteiger partial charge in [0, 0.05) is 18.0 Å². The van der Waals surface area contributed by atoms with Crippen LogP contribution in [0.3, 0.4) is 0 Å². The summed E-state index contributed by atoms with van der Waals surface area (Å²) in [4.78, 5) is 12.1. The number of carbonyl (C=O) groups excluding carboxylic acids is 1. The number of rotatable bonds is 5. The van der Waals surface area contributed by atoms with E-state index < -0.39 is 16.1 Å². The van der Waals surface area contributed by atoms with Crippen LogP contribution in [0.25, 0.3) is 0 Å². The molecule has 0 bridgehead atoms. The summed E-state index contributed by atoms with van der Waals surface area (Å²) in [6, 6.07) is 13.1. The number of anilines is 2. The van der Waals surface area contributed by atoms with Crippen molar-refractivity contribution in [2.75, 3.05) is 16.6 Å². The van der Waals surface area contributed by atoms with E-state index >= 15 is 0 Å². The van der Waals surface area contributed by atoms with Crippen LogP contribution >= 0.6 is 0 Å². The number of amides is 1. The summed E-state index contributed by atoms with van der Waals surface area (Å²) in [6.07, 6.45) is 1.16. The molecule has 3 rings (SSSR count). The van der Waals surface area contributed by atoms with Gasteiger partial charge in [0.2, 0.25) is 0 Å². The Morgan fingerprint density at radius 2 is 1.68 bits per heavy atom. The largest absolute Gasteiger partial charge is 0.368 e. The molecule has 1 saturated heterocycles. The molecule has 1 aliphatic heterocycles. The third kappa shape index (κ3) is 4.37. The van der Waals surface area contributed by atoms with Crippen LogP contribution in [0.2, 0.25) is 0 Å². The Morgan fingerprint density at radius 3 is 2.28 bits per heavy atom. The monoisotopic (exact) mass is 360 g/mol. The van der Waals surface area contributed by atoms with Crippen molar-refractivity contribution in [1.82, 2.24) is 0 Å². The van der Waals surface area contributed by atoms with Crippen molar-refractivity contribution < 1.29 is 17.9 Å². The maximum Gasteiger partial charge on any atom is 0.261 e. The van der Waals surface area contributed by atoms with E-state index in [1.54, 1.807) is 24.3 Å². The van der Waals surface area contributed by atoms with Gasteiger partial charge in [0.15, 0.2) is 0 Å². The minimum atomic E-state index is -3.67. The van der Waals surface area contributed by atoms with Crippen molar-refractivity contribution in [3.8, 4) is 0 Å². The minimum absolute atomic E-state index is 0.128. The number of hydrogen-bond donors (Lipinski definition) is 2. The Balaban J connectivity index is 1.68. The quantitative estimate of drug-likeness (QED) is 0.859. The lowest BCUT2D eigenvalue weighted by molar-refractivity contribution is -0.124. The van der Waals surface area contributed by atoms with Gasteiger partial charge in [-0.3, -0.25) is 9.52 Å². The Bertz CT molecular complexity index is 840. The van der Waals surface area contributed by atoms with Gasteiger partial charge in [0.1, 0.15) is 6.10 Å². The van der Waals surface area contributed by atoms with Crippen molar-refractivity contribution in [2.45, 2.75) is 30.8 Å². The SMILES string of the molecule is Cc1ccc(NS(=O)(=O)c2ccc(NC(=O)[C@@H]3CCCO3)cc2)cc1. The Kier molecular flexibility index (Phi) is 5.06. The molecule has 0 aliphatic carbocycles. The summed E-state index contributed by atoms with van der Waals surface area (Å²) >= 11 is 0. The molecule has 132 valence electrons. The number of ether oxygens (including phenoxy) is 1. The first-order valence-electron chi connectivity index (χ1n) is 8.06. The lowest BCUT2D eigenvalue weighted by Crippen LogP contribution is -2.26. The van der Waals surface area contributed by atoms with Crippen molar-refractivity contribution in [3.05, 3.63) is 54.1 Å². The van der Waals surface area contributed by atoms with Gasteiger partial charge in [0.25, 0.3) is 15.9 Å². The highest BCUT2D eigenvalue weighted by atomic mass is 32.2. The number of sulfonamides is 1. The lowest BCUT2D eigenvalue weighted by Gasteiger charge is -2.12. The van der Waals surface area contributed by atoms with Crippen LogP contribution < -0.4 is 10.0 Å². The Morgan fingerprint density at radius 1 is 1.04 bits per heavy atom. The van der Waals surface area contributed by atoms with Crippen molar-refractivity contribution in [2.24, 2.45) is 0 Å². The highest BCUT2D eigenvalue weighted by molar-refractivity contribution is 7.92. The molecule has 25 heavy (non-hydrogen) atoms. The number of nitrogens with one attached hydrogen (secondary N) is 2. The van der Waals surface area contributed by atoms with E-state index in [0.29, 0.717) is 24.4 Å². The van der Waals surface area contributed by atoms with Gasteiger partial charge < -0.3 is 10.1 Å². The number of hydrogen-bond acceptors (Lipinski definition) is 4. The van der Waals surface area contributed by atoms with Gasteiger partial charge in [-0.2, -0.15) is 0 Å². The molecule has 2 N–H and O–H groups in total. The number of carbonyl (C=O) groups is 1. The predicted octanol–water partition coefficient (Wildman–Crippen LogP) is 2.91. The van der Waals surface area contributed by atoms with E-state index in [-0.39, 0.29) is 10.8 Å². The second-order valence-corrected chi connectivity index (χ2v) is 7.67. The molecule has 0 saturated carbocycles. The average molecular weight is 360 g/mol. The molecule has 1 amide bonds. The second-order valence-electron chi connectivity index (χ2n) is 5.99. The van der Waals surface area contributed by atoms with Crippen LogP contribution in [0.5, 0.6) is 0 Å². The van der Waals surface area contributed by atoms with E-state index in [2.05, 4.69) is 10.0 Å². The van der Waals surface area contributed by atoms with E-state index in [9.17, 15) is 13.2 Å². The standard InChI is InChI=1S/C18H20N2O4S/c1-13-4-6-15(7-5-13)20-25(22,23)16-10-8-14(9-11-16)19-18(21)17-3-2-12-24-17/h4-11,17,20H,2-3,12H2,1H3,(H,19,21)/t17-/m0/s1. The molecule has 7 heteroatoms. The van der Waals surface area contributed by atoms with Crippen LogP contribution in [0.4, 0.5) is 11.4 Å². The predicted molar refractivity (Wildman–Crippen MR) is 96.0 cm³/mol. The Labute approximate surface area is 147 Å². The average Bonchev–Trinajstić information content (AvgIpc) is 3.12. The molecule has 0 spiro atoms. The smallest absolute Gasteiger partial charge is 0.261 e. The van der Waals surface area contributed by atoms with Crippen molar-refractivity contribution >= 4 is 27.3 Å². The molecule has 2 aromatic rings. The summed E-state index contributed by atoms with van der Waals surface area (Å²) in [5.41, 5.74) is 2.09. The molecular weight excluding hydrogens is 340 g/mol. The zero-order valence-corrected chi connectivity index (χ0v) is 14.7. The summed E-state index contributed by atoms with van der Waals surface area (Å²) < 4.78 is 32.7. The molecule has 1 heterocycles. The topological polar surface area (TPSA) is 84.5 Å². The molecule has 1 atom stereocenters. The third-order valence-electron chi connectivity index (χ3n) is 3.96. The fraction of sp³-hybridized carbons (Fsp3) is 0.278. The van der Waals surface area contributed by atoms with Gasteiger partial charge in [-0.1, -0.05) is 17.7 Å². The molecule has 6 nitrogen and oxygen atoms in total. The van der Waals surface area contributed by atoms with E-state index in [0.717, 1.165) is 12.0 Å². The van der Waals surface area contributed by atoms with Gasteiger partial charge in [-0.15, -0.1) is 0 Å². The first kappa shape index (κ1) is 17.4. The van der Waals surface area contributed by atoms with Gasteiger partial charge in [-0.25, -0.2) is 8.42 Å². The van der Waals surface area contributed by atoms with E-state index in [1.165, 1.54) is 12.1 Å². The maximum absolute atomic E-state index is 12.4. The van der Waals surface area contributed by atoms with Crippen LogP contribution in [-0.2, 0) is 19.6 Å². The zero-order valence-electron chi connectivity index (χ0n) is 13.9. The first-order chi connectivity index (χ1) is 11.9. The molecule has 2 aromatic carbocycles. The van der Waals surface area contributed by atoms with Crippen LogP contribution in [0.1, 0.15) is 18.4 Å². The minimum Gasteiger partial charge on any atom is -0.368 e. The highest BCUT2D eigenvalue weighted by Gasteiger charge is 2.23. The molecular formula is C18H20N2O4S. The van der Waals surface area contributed by atoms with Gasteiger partial charge in [-0.05, 0) is 56.2 Å². The molecule has 1 fully saturated rings. The van der Waals surface area contributed by atoms with Crippen LogP contribution in [0.15, 0.2) is 53.4 Å². The summed E-state index contributed by atoms with van der Waals surface area (Å²) in [7, 11) is -3.67. The second kappa shape index (κ2) is 7.25. The fourth-order valence-corrected chi connectivity index (χ4v) is 3.62. The number of benzene rings is 2. The highest BCUT2D eigenvalue weighted by Crippen LogP contribution is 2.20. The number of aryl methyl sites for hydroxylation is 1. The maximum atomic E-state index is 12.4. The Hall–Kier alpha value is -2.38. The van der Waals surface area contributed by atoms with E-state index in [4.69, 9.17) is 4.74 Å². The summed E-state index contributed by atoms with van der Waals surface area (Å²) in [5, 5.41) is 2.74.